The Bertz CT molecular complexity index is 4500. The molecule has 0 aliphatic carbocycles. The second kappa shape index (κ2) is 12.8. The predicted molar refractivity (Wildman–Crippen MR) is 266 cm³/mol. The van der Waals surface area contributed by atoms with Gasteiger partial charge in [-0.15, -0.1) is 0 Å². The molecule has 0 fully saturated rings. The van der Waals surface area contributed by atoms with Crippen molar-refractivity contribution in [3.05, 3.63) is 200 Å². The first-order valence-electron chi connectivity index (χ1n) is 21.9. The van der Waals surface area contributed by atoms with Gasteiger partial charge in [-0.05, 0) is 138 Å². The quantitative estimate of drug-likeness (QED) is 0.177. The minimum atomic E-state index is 0.792. The standard InChI is InChI=1S/C59H33N3O3/c1-4-11-49-40(8-1)43-28-34(36-17-23-54-45(30-36)42-10-3-6-13-53(42)63-54)15-21-51(43)61(49)38-19-25-56-47(32-38)46-31-37(18-24-55(46)64-56)35-16-22-52-44(29-35)41-9-2-5-12-50(41)62(52)39-20-26-57-48(33-39)59-58(65-57)14-7-27-60-59/h1-33H. The van der Waals surface area contributed by atoms with Crippen molar-refractivity contribution < 1.29 is 13.3 Å². The first kappa shape index (κ1) is 34.7. The Kier molecular flexibility index (Phi) is 6.86. The maximum absolute atomic E-state index is 6.51. The summed E-state index contributed by atoms with van der Waals surface area (Å²) in [6.45, 7) is 0. The van der Waals surface area contributed by atoms with E-state index in [4.69, 9.17) is 13.3 Å². The van der Waals surface area contributed by atoms with E-state index in [-0.39, 0.29) is 0 Å². The minimum absolute atomic E-state index is 0.792. The van der Waals surface area contributed by atoms with Gasteiger partial charge in [-0.2, -0.15) is 0 Å². The lowest BCUT2D eigenvalue weighted by Crippen LogP contribution is -1.93. The molecule has 6 aromatic heterocycles. The molecule has 0 spiro atoms. The van der Waals surface area contributed by atoms with E-state index in [1.54, 1.807) is 0 Å². The fourth-order valence-corrected chi connectivity index (χ4v) is 10.6. The second-order valence-corrected chi connectivity index (χ2v) is 17.1. The van der Waals surface area contributed by atoms with Gasteiger partial charge in [0.25, 0.3) is 0 Å². The van der Waals surface area contributed by atoms with E-state index in [0.717, 1.165) is 116 Å². The number of fused-ring (bicyclic) bond motifs is 15. The maximum Gasteiger partial charge on any atom is 0.153 e. The van der Waals surface area contributed by atoms with Crippen molar-refractivity contribution in [2.45, 2.75) is 0 Å². The fraction of sp³-hybridized carbons (Fsp3) is 0. The molecule has 0 aliphatic heterocycles. The zero-order valence-electron chi connectivity index (χ0n) is 34.6. The van der Waals surface area contributed by atoms with E-state index < -0.39 is 0 Å². The number of hydrogen-bond acceptors (Lipinski definition) is 4. The van der Waals surface area contributed by atoms with Crippen LogP contribution in [0.1, 0.15) is 0 Å². The number of nitrogens with zero attached hydrogens (tertiary/aromatic N) is 3. The molecule has 0 saturated carbocycles. The van der Waals surface area contributed by atoms with Crippen molar-refractivity contribution >= 4 is 110 Å². The number of para-hydroxylation sites is 3. The zero-order valence-corrected chi connectivity index (χ0v) is 34.6. The first-order chi connectivity index (χ1) is 32.2. The highest BCUT2D eigenvalue weighted by atomic mass is 16.3. The average molecular weight is 832 g/mol. The molecule has 6 heteroatoms. The Labute approximate surface area is 369 Å². The minimum Gasteiger partial charge on any atom is -0.456 e. The number of aromatic nitrogens is 3. The van der Waals surface area contributed by atoms with Crippen LogP contribution in [0.15, 0.2) is 214 Å². The normalized spacial score (nSPS) is 12.3. The third-order valence-corrected chi connectivity index (χ3v) is 13.6. The Morgan fingerprint density at radius 3 is 1.29 bits per heavy atom. The van der Waals surface area contributed by atoms with Crippen LogP contribution in [-0.4, -0.2) is 14.1 Å². The first-order valence-corrected chi connectivity index (χ1v) is 21.9. The van der Waals surface area contributed by atoms with Gasteiger partial charge in [-0.25, -0.2) is 0 Å². The highest BCUT2D eigenvalue weighted by Gasteiger charge is 2.19. The summed E-state index contributed by atoms with van der Waals surface area (Å²) in [5.41, 5.74) is 17.4. The third-order valence-electron chi connectivity index (χ3n) is 13.6. The summed E-state index contributed by atoms with van der Waals surface area (Å²) in [5, 5.41) is 10.2. The molecular formula is C59H33N3O3. The molecule has 0 aliphatic rings. The van der Waals surface area contributed by atoms with Crippen molar-refractivity contribution in [3.63, 3.8) is 0 Å². The molecule has 302 valence electrons. The van der Waals surface area contributed by atoms with Crippen molar-refractivity contribution in [2.24, 2.45) is 0 Å². The zero-order chi connectivity index (χ0) is 42.3. The molecule has 0 atom stereocenters. The number of benzene rings is 9. The van der Waals surface area contributed by atoms with Crippen LogP contribution in [0.5, 0.6) is 0 Å². The average Bonchev–Trinajstić information content (AvgIpc) is 4.17. The highest BCUT2D eigenvalue weighted by Crippen LogP contribution is 2.41. The molecular weight excluding hydrogens is 799 g/mol. The van der Waals surface area contributed by atoms with Crippen molar-refractivity contribution in [3.8, 4) is 33.6 Å². The van der Waals surface area contributed by atoms with Crippen LogP contribution in [0.2, 0.25) is 0 Å². The molecule has 0 amide bonds. The Morgan fingerprint density at radius 1 is 0.277 bits per heavy atom. The molecule has 65 heavy (non-hydrogen) atoms. The maximum atomic E-state index is 6.51. The predicted octanol–water partition coefficient (Wildman–Crippen LogP) is 16.3. The molecule has 6 heterocycles. The van der Waals surface area contributed by atoms with Gasteiger partial charge in [0, 0.05) is 66.0 Å². The van der Waals surface area contributed by atoms with E-state index in [1.165, 1.54) is 27.1 Å². The number of pyridine rings is 1. The van der Waals surface area contributed by atoms with Crippen molar-refractivity contribution in [1.82, 2.24) is 14.1 Å². The van der Waals surface area contributed by atoms with Crippen LogP contribution in [0.3, 0.4) is 0 Å². The number of furan rings is 3. The lowest BCUT2D eigenvalue weighted by Gasteiger charge is -2.09. The summed E-state index contributed by atoms with van der Waals surface area (Å²) in [7, 11) is 0. The van der Waals surface area contributed by atoms with Crippen molar-refractivity contribution in [1.29, 1.82) is 0 Å². The van der Waals surface area contributed by atoms with E-state index in [0.29, 0.717) is 0 Å². The van der Waals surface area contributed by atoms with Crippen LogP contribution in [0.4, 0.5) is 0 Å². The van der Waals surface area contributed by atoms with Crippen LogP contribution >= 0.6 is 0 Å². The fourth-order valence-electron chi connectivity index (χ4n) is 10.6. The molecule has 0 bridgehead atoms. The number of hydrogen-bond donors (Lipinski definition) is 0. The van der Waals surface area contributed by atoms with Gasteiger partial charge in [-0.3, -0.25) is 4.98 Å². The van der Waals surface area contributed by atoms with Crippen LogP contribution in [0.25, 0.3) is 143 Å². The molecule has 9 aromatic carbocycles. The summed E-state index contributed by atoms with van der Waals surface area (Å²) in [6, 6.07) is 69.2. The van der Waals surface area contributed by atoms with Gasteiger partial charge in [0.1, 0.15) is 33.4 Å². The summed E-state index contributed by atoms with van der Waals surface area (Å²) < 4.78 is 23.5. The molecule has 0 radical (unpaired) electrons. The number of rotatable bonds is 4. The molecule has 15 rings (SSSR count). The van der Waals surface area contributed by atoms with E-state index in [9.17, 15) is 0 Å². The van der Waals surface area contributed by atoms with E-state index >= 15 is 0 Å². The lowest BCUT2D eigenvalue weighted by molar-refractivity contribution is 0.668. The highest BCUT2D eigenvalue weighted by molar-refractivity contribution is 6.14. The molecule has 15 aromatic rings. The van der Waals surface area contributed by atoms with Gasteiger partial charge in [0.05, 0.1) is 22.1 Å². The summed E-state index contributed by atoms with van der Waals surface area (Å²) >= 11 is 0. The Balaban J connectivity index is 0.850. The topological polar surface area (TPSA) is 62.2 Å². The van der Waals surface area contributed by atoms with Gasteiger partial charge in [0.15, 0.2) is 5.58 Å². The lowest BCUT2D eigenvalue weighted by atomic mass is 10.0. The smallest absolute Gasteiger partial charge is 0.153 e. The Hall–Kier alpha value is -8.87. The van der Waals surface area contributed by atoms with E-state index in [1.807, 2.05) is 30.5 Å². The van der Waals surface area contributed by atoms with Crippen LogP contribution in [0, 0.1) is 0 Å². The second-order valence-electron chi connectivity index (χ2n) is 17.1. The molecule has 0 N–H and O–H groups in total. The summed E-state index contributed by atoms with van der Waals surface area (Å²) in [6.07, 6.45) is 1.82. The molecule has 6 nitrogen and oxygen atoms in total. The van der Waals surface area contributed by atoms with Crippen molar-refractivity contribution in [2.75, 3.05) is 0 Å². The van der Waals surface area contributed by atoms with Gasteiger partial charge in [-0.1, -0.05) is 78.9 Å². The van der Waals surface area contributed by atoms with Crippen LogP contribution in [-0.2, 0) is 0 Å². The third kappa shape index (κ3) is 4.96. The summed E-state index contributed by atoms with van der Waals surface area (Å²) in [4.78, 5) is 4.65. The van der Waals surface area contributed by atoms with Gasteiger partial charge in [0.2, 0.25) is 0 Å². The Morgan fingerprint density at radius 2 is 0.677 bits per heavy atom. The van der Waals surface area contributed by atoms with Crippen LogP contribution < -0.4 is 0 Å². The monoisotopic (exact) mass is 831 g/mol. The SMILES string of the molecule is c1ccc2c(c1)oc1ccc(-c3ccc4c(c3)c3ccccc3n4-c3ccc4oc5ccc(-c6ccc7c(c6)c6ccccc6n7-c6ccc7oc8cccnc8c7c6)cc5c4c3)cc12. The van der Waals surface area contributed by atoms with E-state index in [2.05, 4.69) is 184 Å². The van der Waals surface area contributed by atoms with Gasteiger partial charge >= 0.3 is 0 Å². The van der Waals surface area contributed by atoms with Gasteiger partial charge < -0.3 is 22.4 Å². The molecule has 0 saturated heterocycles. The summed E-state index contributed by atoms with van der Waals surface area (Å²) in [5.74, 6) is 0. The molecule has 0 unspecified atom stereocenters. The largest absolute Gasteiger partial charge is 0.456 e.